The van der Waals surface area contributed by atoms with Crippen LogP contribution in [0.15, 0.2) is 41.5 Å². The SMILES string of the molecule is Cc1nc(C)c(C(=O)N2CCCC2Cn2nc(-c3ccncc3)ccc2=O)s1. The van der Waals surface area contributed by atoms with Crippen molar-refractivity contribution in [3.8, 4) is 11.3 Å². The van der Waals surface area contributed by atoms with Gasteiger partial charge in [-0.1, -0.05) is 0 Å². The van der Waals surface area contributed by atoms with Crippen molar-refractivity contribution in [3.05, 3.63) is 62.6 Å². The molecule has 1 saturated heterocycles. The number of rotatable bonds is 4. The summed E-state index contributed by atoms with van der Waals surface area (Å²) in [5, 5.41) is 5.41. The van der Waals surface area contributed by atoms with E-state index in [0.29, 0.717) is 23.7 Å². The number of aryl methyl sites for hydroxylation is 2. The Balaban J connectivity index is 1.59. The van der Waals surface area contributed by atoms with Crippen LogP contribution in [0.1, 0.15) is 33.2 Å². The van der Waals surface area contributed by atoms with E-state index in [1.807, 2.05) is 30.9 Å². The van der Waals surface area contributed by atoms with Crippen molar-refractivity contribution in [2.45, 2.75) is 39.3 Å². The first-order valence-electron chi connectivity index (χ1n) is 9.26. The Bertz CT molecular complexity index is 1060. The highest BCUT2D eigenvalue weighted by atomic mass is 32.1. The third kappa shape index (κ3) is 3.60. The van der Waals surface area contributed by atoms with Gasteiger partial charge >= 0.3 is 0 Å². The summed E-state index contributed by atoms with van der Waals surface area (Å²) in [6.07, 6.45) is 5.18. The summed E-state index contributed by atoms with van der Waals surface area (Å²) in [4.78, 5) is 36.4. The lowest BCUT2D eigenvalue weighted by atomic mass is 10.2. The quantitative estimate of drug-likeness (QED) is 0.678. The molecule has 3 aromatic heterocycles. The monoisotopic (exact) mass is 395 g/mol. The predicted octanol–water partition coefficient (Wildman–Crippen LogP) is 2.68. The largest absolute Gasteiger partial charge is 0.333 e. The van der Waals surface area contributed by atoms with Gasteiger partial charge in [-0.3, -0.25) is 14.6 Å². The summed E-state index contributed by atoms with van der Waals surface area (Å²) in [5.41, 5.74) is 2.22. The molecule has 1 unspecified atom stereocenters. The van der Waals surface area contributed by atoms with Crippen molar-refractivity contribution >= 4 is 17.2 Å². The Morgan fingerprint density at radius 2 is 2.00 bits per heavy atom. The van der Waals surface area contributed by atoms with E-state index in [9.17, 15) is 9.59 Å². The Labute approximate surface area is 166 Å². The molecule has 144 valence electrons. The van der Waals surface area contributed by atoms with E-state index < -0.39 is 0 Å². The summed E-state index contributed by atoms with van der Waals surface area (Å²) in [7, 11) is 0. The number of nitrogens with zero attached hydrogens (tertiary/aromatic N) is 5. The number of thiazole rings is 1. The topological polar surface area (TPSA) is 81.0 Å². The molecule has 0 saturated carbocycles. The summed E-state index contributed by atoms with van der Waals surface area (Å²) in [5.74, 6) is 0.00365. The number of pyridine rings is 1. The van der Waals surface area contributed by atoms with Crippen LogP contribution in [-0.4, -0.2) is 43.1 Å². The van der Waals surface area contributed by atoms with Gasteiger partial charge in [0.2, 0.25) is 0 Å². The molecule has 0 spiro atoms. The van der Waals surface area contributed by atoms with Crippen molar-refractivity contribution in [2.75, 3.05) is 6.54 Å². The molecular weight excluding hydrogens is 374 g/mol. The fraction of sp³-hybridized carbons (Fsp3) is 0.350. The molecule has 0 aromatic carbocycles. The van der Waals surface area contributed by atoms with Crippen LogP contribution in [0.25, 0.3) is 11.3 Å². The number of likely N-dealkylation sites (tertiary alicyclic amines) is 1. The highest BCUT2D eigenvalue weighted by Gasteiger charge is 2.32. The molecule has 7 nitrogen and oxygen atoms in total. The Kier molecular flexibility index (Phi) is 5.04. The van der Waals surface area contributed by atoms with Crippen LogP contribution in [0.3, 0.4) is 0 Å². The van der Waals surface area contributed by atoms with E-state index in [-0.39, 0.29) is 17.5 Å². The average molecular weight is 395 g/mol. The maximum absolute atomic E-state index is 13.0. The molecule has 0 aliphatic carbocycles. The Morgan fingerprint density at radius 1 is 1.21 bits per heavy atom. The molecular formula is C20H21N5O2S. The van der Waals surface area contributed by atoms with Crippen LogP contribution in [0.2, 0.25) is 0 Å². The zero-order chi connectivity index (χ0) is 19.7. The van der Waals surface area contributed by atoms with Crippen LogP contribution in [0, 0.1) is 13.8 Å². The van der Waals surface area contributed by atoms with Gasteiger partial charge in [-0.25, -0.2) is 9.67 Å². The number of carbonyl (C=O) groups excluding carboxylic acids is 1. The second-order valence-electron chi connectivity index (χ2n) is 6.92. The zero-order valence-corrected chi connectivity index (χ0v) is 16.6. The summed E-state index contributed by atoms with van der Waals surface area (Å²) in [6.45, 7) is 4.86. The van der Waals surface area contributed by atoms with E-state index in [0.717, 1.165) is 29.1 Å². The van der Waals surface area contributed by atoms with E-state index >= 15 is 0 Å². The van der Waals surface area contributed by atoms with E-state index in [1.165, 1.54) is 22.1 Å². The fourth-order valence-electron chi connectivity index (χ4n) is 3.61. The van der Waals surface area contributed by atoms with Crippen LogP contribution < -0.4 is 5.56 Å². The molecule has 0 bridgehead atoms. The van der Waals surface area contributed by atoms with Crippen molar-refractivity contribution in [1.29, 1.82) is 0 Å². The number of hydrogen-bond donors (Lipinski definition) is 0. The minimum Gasteiger partial charge on any atom is -0.333 e. The van der Waals surface area contributed by atoms with Gasteiger partial charge in [0.25, 0.3) is 11.5 Å². The van der Waals surface area contributed by atoms with Gasteiger partial charge in [0.05, 0.1) is 29.0 Å². The molecule has 0 radical (unpaired) electrons. The first-order valence-corrected chi connectivity index (χ1v) is 10.1. The summed E-state index contributed by atoms with van der Waals surface area (Å²) >= 11 is 1.43. The normalized spacial score (nSPS) is 16.5. The van der Waals surface area contributed by atoms with Crippen LogP contribution in [0.5, 0.6) is 0 Å². The summed E-state index contributed by atoms with van der Waals surface area (Å²) < 4.78 is 1.47. The average Bonchev–Trinajstić information content (AvgIpc) is 3.29. The number of aromatic nitrogens is 4. The van der Waals surface area contributed by atoms with Crippen molar-refractivity contribution < 1.29 is 4.79 Å². The van der Waals surface area contributed by atoms with Crippen molar-refractivity contribution in [3.63, 3.8) is 0 Å². The standard InChI is InChI=1S/C20H21N5O2S/c1-13-19(28-14(2)22-13)20(27)24-11-3-4-16(24)12-25-18(26)6-5-17(23-25)15-7-9-21-10-8-15/h5-10,16H,3-4,11-12H2,1-2H3. The molecule has 1 aliphatic heterocycles. The van der Waals surface area contributed by atoms with E-state index in [4.69, 9.17) is 0 Å². The van der Waals surface area contributed by atoms with Crippen LogP contribution >= 0.6 is 11.3 Å². The minimum absolute atomic E-state index is 0.00365. The third-order valence-corrected chi connectivity index (χ3v) is 6.02. The van der Waals surface area contributed by atoms with Gasteiger partial charge in [-0.05, 0) is 44.9 Å². The molecule has 1 aliphatic rings. The first kappa shape index (κ1) is 18.5. The lowest BCUT2D eigenvalue weighted by Crippen LogP contribution is -2.40. The predicted molar refractivity (Wildman–Crippen MR) is 107 cm³/mol. The molecule has 4 rings (SSSR count). The van der Waals surface area contributed by atoms with Gasteiger partial charge < -0.3 is 4.90 Å². The molecule has 0 N–H and O–H groups in total. The van der Waals surface area contributed by atoms with Gasteiger partial charge in [-0.15, -0.1) is 11.3 Å². The van der Waals surface area contributed by atoms with E-state index in [2.05, 4.69) is 15.1 Å². The molecule has 1 atom stereocenters. The number of hydrogen-bond acceptors (Lipinski definition) is 6. The van der Waals surface area contributed by atoms with Crippen molar-refractivity contribution in [1.82, 2.24) is 24.6 Å². The number of amides is 1. The van der Waals surface area contributed by atoms with Crippen molar-refractivity contribution in [2.24, 2.45) is 0 Å². The molecule has 8 heteroatoms. The maximum Gasteiger partial charge on any atom is 0.266 e. The van der Waals surface area contributed by atoms with Gasteiger partial charge in [-0.2, -0.15) is 5.10 Å². The highest BCUT2D eigenvalue weighted by molar-refractivity contribution is 7.13. The number of carbonyl (C=O) groups is 1. The van der Waals surface area contributed by atoms with Crippen LogP contribution in [0.4, 0.5) is 0 Å². The molecule has 3 aromatic rings. The first-order chi connectivity index (χ1) is 13.5. The fourth-order valence-corrected chi connectivity index (χ4v) is 4.48. The third-order valence-electron chi connectivity index (χ3n) is 4.96. The van der Waals surface area contributed by atoms with Gasteiger partial charge in [0, 0.05) is 30.6 Å². The molecule has 1 fully saturated rings. The lowest BCUT2D eigenvalue weighted by molar-refractivity contribution is 0.0724. The maximum atomic E-state index is 13.0. The Hall–Kier alpha value is -2.87. The minimum atomic E-state index is -0.165. The van der Waals surface area contributed by atoms with Gasteiger partial charge in [0.15, 0.2) is 0 Å². The smallest absolute Gasteiger partial charge is 0.266 e. The van der Waals surface area contributed by atoms with Crippen LogP contribution in [-0.2, 0) is 6.54 Å². The summed E-state index contributed by atoms with van der Waals surface area (Å²) in [6, 6.07) is 6.91. The van der Waals surface area contributed by atoms with E-state index in [1.54, 1.807) is 18.5 Å². The highest BCUT2D eigenvalue weighted by Crippen LogP contribution is 2.25. The second kappa shape index (κ2) is 7.63. The Morgan fingerprint density at radius 3 is 2.71 bits per heavy atom. The van der Waals surface area contributed by atoms with Gasteiger partial charge in [0.1, 0.15) is 4.88 Å². The zero-order valence-electron chi connectivity index (χ0n) is 15.8. The molecule has 28 heavy (non-hydrogen) atoms. The lowest BCUT2D eigenvalue weighted by Gasteiger charge is -2.24. The second-order valence-corrected chi connectivity index (χ2v) is 8.12. The molecule has 1 amide bonds. The molecule has 4 heterocycles.